The fraction of sp³-hybridized carbons (Fsp3) is 0.0909. The van der Waals surface area contributed by atoms with Crippen molar-refractivity contribution in [3.05, 3.63) is 41.0 Å². The molecule has 1 heterocycles. The summed E-state index contributed by atoms with van der Waals surface area (Å²) in [7, 11) is 0. The van der Waals surface area contributed by atoms with Crippen LogP contribution in [0.3, 0.4) is 0 Å². The monoisotopic (exact) mass is 235 g/mol. The molecule has 2 heteroatoms. The van der Waals surface area contributed by atoms with Gasteiger partial charge in [-0.05, 0) is 35.0 Å². The molecule has 0 saturated heterocycles. The van der Waals surface area contributed by atoms with Gasteiger partial charge in [0.25, 0.3) is 0 Å². The number of aromatic nitrogens is 1. The molecule has 0 aliphatic rings. The van der Waals surface area contributed by atoms with E-state index in [4.69, 9.17) is 0 Å². The molecule has 1 aromatic carbocycles. The average molecular weight is 236 g/mol. The van der Waals surface area contributed by atoms with Gasteiger partial charge in [-0.2, -0.15) is 0 Å². The third kappa shape index (κ3) is 1.42. The van der Waals surface area contributed by atoms with E-state index in [1.54, 1.807) is 0 Å². The van der Waals surface area contributed by atoms with Crippen molar-refractivity contribution >= 4 is 33.0 Å². The van der Waals surface area contributed by atoms with Crippen molar-refractivity contribution in [3.8, 4) is 0 Å². The van der Waals surface area contributed by atoms with Crippen LogP contribution in [0, 0.1) is 0 Å². The van der Waals surface area contributed by atoms with Crippen molar-refractivity contribution in [2.75, 3.05) is 0 Å². The standard InChI is InChI=1S/C11H10BrN/c1-2-7-13-8-6-9-4-3-5-10(12)11(9)13/h2-8H,1H3/b7-2+. The Morgan fingerprint density at radius 3 is 2.92 bits per heavy atom. The Hall–Kier alpha value is -1.02. The van der Waals surface area contributed by atoms with Gasteiger partial charge in [-0.25, -0.2) is 0 Å². The van der Waals surface area contributed by atoms with Crippen LogP contribution in [0.25, 0.3) is 17.1 Å². The van der Waals surface area contributed by atoms with E-state index in [9.17, 15) is 0 Å². The zero-order chi connectivity index (χ0) is 9.26. The fourth-order valence-corrected chi connectivity index (χ4v) is 2.05. The SMILES string of the molecule is C/C=C/n1ccc2cccc(Br)c21. The molecule has 0 aliphatic heterocycles. The summed E-state index contributed by atoms with van der Waals surface area (Å²) < 4.78 is 3.24. The second-order valence-corrected chi connectivity index (χ2v) is 3.74. The number of hydrogen-bond donors (Lipinski definition) is 0. The van der Waals surface area contributed by atoms with Gasteiger partial charge in [-0.15, -0.1) is 0 Å². The minimum atomic E-state index is 1.13. The first-order chi connectivity index (χ1) is 6.33. The van der Waals surface area contributed by atoms with E-state index in [1.807, 2.05) is 25.3 Å². The molecule has 0 aliphatic carbocycles. The highest BCUT2D eigenvalue weighted by molar-refractivity contribution is 9.10. The number of halogens is 1. The first-order valence-corrected chi connectivity index (χ1v) is 5.00. The van der Waals surface area contributed by atoms with Crippen molar-refractivity contribution in [1.82, 2.24) is 4.57 Å². The number of fused-ring (bicyclic) bond motifs is 1. The second kappa shape index (κ2) is 3.38. The van der Waals surface area contributed by atoms with Crippen molar-refractivity contribution in [2.24, 2.45) is 0 Å². The van der Waals surface area contributed by atoms with Crippen molar-refractivity contribution in [2.45, 2.75) is 6.92 Å². The van der Waals surface area contributed by atoms with Gasteiger partial charge in [-0.3, -0.25) is 0 Å². The van der Waals surface area contributed by atoms with E-state index >= 15 is 0 Å². The molecule has 0 spiro atoms. The molecule has 0 amide bonds. The zero-order valence-electron chi connectivity index (χ0n) is 7.37. The van der Waals surface area contributed by atoms with E-state index < -0.39 is 0 Å². The maximum absolute atomic E-state index is 3.54. The second-order valence-electron chi connectivity index (χ2n) is 2.88. The number of nitrogens with zero attached hydrogens (tertiary/aromatic N) is 1. The summed E-state index contributed by atoms with van der Waals surface area (Å²) in [4.78, 5) is 0. The number of allylic oxidation sites excluding steroid dienone is 1. The van der Waals surface area contributed by atoms with E-state index in [1.165, 1.54) is 10.9 Å². The molecule has 66 valence electrons. The molecule has 0 N–H and O–H groups in total. The van der Waals surface area contributed by atoms with Gasteiger partial charge < -0.3 is 4.57 Å². The lowest BCUT2D eigenvalue weighted by molar-refractivity contribution is 1.22. The van der Waals surface area contributed by atoms with Crippen molar-refractivity contribution in [1.29, 1.82) is 0 Å². The summed E-state index contributed by atoms with van der Waals surface area (Å²) in [6.45, 7) is 2.02. The van der Waals surface area contributed by atoms with Crippen LogP contribution in [0.4, 0.5) is 0 Å². The smallest absolute Gasteiger partial charge is 0.0665 e. The molecule has 1 aromatic heterocycles. The lowest BCUT2D eigenvalue weighted by Gasteiger charge is -1.99. The van der Waals surface area contributed by atoms with Crippen LogP contribution in [-0.4, -0.2) is 4.57 Å². The maximum atomic E-state index is 3.54. The van der Waals surface area contributed by atoms with E-state index in [0.717, 1.165) is 4.47 Å². The lowest BCUT2D eigenvalue weighted by atomic mass is 10.2. The Kier molecular flexibility index (Phi) is 2.23. The number of rotatable bonds is 1. The molecule has 0 bridgehead atoms. The van der Waals surface area contributed by atoms with Crippen LogP contribution >= 0.6 is 15.9 Å². The van der Waals surface area contributed by atoms with E-state index in [-0.39, 0.29) is 0 Å². The predicted octanol–water partition coefficient (Wildman–Crippen LogP) is 3.89. The maximum Gasteiger partial charge on any atom is 0.0665 e. The highest BCUT2D eigenvalue weighted by atomic mass is 79.9. The van der Waals surface area contributed by atoms with Gasteiger partial charge in [0.2, 0.25) is 0 Å². The van der Waals surface area contributed by atoms with Crippen LogP contribution in [0.5, 0.6) is 0 Å². The first-order valence-electron chi connectivity index (χ1n) is 4.21. The molecule has 0 saturated carbocycles. The van der Waals surface area contributed by atoms with Gasteiger partial charge in [0.05, 0.1) is 5.52 Å². The van der Waals surface area contributed by atoms with Gasteiger partial charge >= 0.3 is 0 Å². The summed E-state index contributed by atoms with van der Waals surface area (Å²) >= 11 is 3.54. The minimum Gasteiger partial charge on any atom is -0.323 e. The van der Waals surface area contributed by atoms with Crippen LogP contribution < -0.4 is 0 Å². The number of para-hydroxylation sites is 1. The Balaban J connectivity index is 2.78. The van der Waals surface area contributed by atoms with Gasteiger partial charge in [-0.1, -0.05) is 18.2 Å². The van der Waals surface area contributed by atoms with E-state index in [2.05, 4.69) is 44.9 Å². The fourth-order valence-electron chi connectivity index (χ4n) is 1.46. The molecule has 13 heavy (non-hydrogen) atoms. The third-order valence-electron chi connectivity index (χ3n) is 2.00. The molecule has 0 atom stereocenters. The lowest BCUT2D eigenvalue weighted by Crippen LogP contribution is -1.82. The average Bonchev–Trinajstić information content (AvgIpc) is 2.51. The van der Waals surface area contributed by atoms with Crippen LogP contribution in [-0.2, 0) is 0 Å². The largest absolute Gasteiger partial charge is 0.323 e. The Labute approximate surface area is 85.8 Å². The Morgan fingerprint density at radius 2 is 2.15 bits per heavy atom. The van der Waals surface area contributed by atoms with Crippen molar-refractivity contribution < 1.29 is 0 Å². The topological polar surface area (TPSA) is 4.93 Å². The molecule has 0 fully saturated rings. The summed E-state index contributed by atoms with van der Waals surface area (Å²) in [5, 5.41) is 1.26. The van der Waals surface area contributed by atoms with Gasteiger partial charge in [0.15, 0.2) is 0 Å². The molecule has 2 rings (SSSR count). The van der Waals surface area contributed by atoms with E-state index in [0.29, 0.717) is 0 Å². The summed E-state index contributed by atoms with van der Waals surface area (Å²) in [6, 6.07) is 8.33. The van der Waals surface area contributed by atoms with Gasteiger partial charge in [0.1, 0.15) is 0 Å². The summed E-state index contributed by atoms with van der Waals surface area (Å²) in [6.07, 6.45) is 6.14. The Morgan fingerprint density at radius 1 is 1.31 bits per heavy atom. The Bertz CT molecular complexity index is 454. The third-order valence-corrected chi connectivity index (χ3v) is 2.64. The molecule has 2 aromatic rings. The molecule has 1 nitrogen and oxygen atoms in total. The van der Waals surface area contributed by atoms with Gasteiger partial charge in [0, 0.05) is 22.3 Å². The quantitative estimate of drug-likeness (QED) is 0.707. The number of benzene rings is 1. The highest BCUT2D eigenvalue weighted by Gasteiger charge is 2.01. The molecule has 0 radical (unpaired) electrons. The first kappa shape index (κ1) is 8.57. The molecular weight excluding hydrogens is 226 g/mol. The minimum absolute atomic E-state index is 1.13. The summed E-state index contributed by atoms with van der Waals surface area (Å²) in [5.41, 5.74) is 1.22. The van der Waals surface area contributed by atoms with Crippen LogP contribution in [0.2, 0.25) is 0 Å². The van der Waals surface area contributed by atoms with Crippen LogP contribution in [0.15, 0.2) is 41.0 Å². The predicted molar refractivity (Wildman–Crippen MR) is 60.6 cm³/mol. The number of hydrogen-bond acceptors (Lipinski definition) is 0. The normalized spacial score (nSPS) is 11.5. The zero-order valence-corrected chi connectivity index (χ0v) is 8.95. The highest BCUT2D eigenvalue weighted by Crippen LogP contribution is 2.24. The molecular formula is C11H10BrN. The van der Waals surface area contributed by atoms with Crippen molar-refractivity contribution in [3.63, 3.8) is 0 Å². The molecule has 0 unspecified atom stereocenters. The summed E-state index contributed by atoms with van der Waals surface area (Å²) in [5.74, 6) is 0. The van der Waals surface area contributed by atoms with Crippen LogP contribution in [0.1, 0.15) is 6.92 Å².